The number of anilines is 2. The van der Waals surface area contributed by atoms with Gasteiger partial charge in [0.2, 0.25) is 0 Å². The molecule has 21 heavy (non-hydrogen) atoms. The number of hydrogen-bond acceptors (Lipinski definition) is 6. The van der Waals surface area contributed by atoms with E-state index in [-0.39, 0.29) is 5.69 Å². The minimum absolute atomic E-state index is 0.0306. The molecule has 0 aliphatic carbocycles. The highest BCUT2D eigenvalue weighted by molar-refractivity contribution is 5.63. The normalized spacial score (nSPS) is 9.95. The van der Waals surface area contributed by atoms with Gasteiger partial charge in [-0.25, -0.2) is 0 Å². The largest absolute Gasteiger partial charge is 0.492 e. The maximum absolute atomic E-state index is 10.8. The number of para-hydroxylation sites is 1. The van der Waals surface area contributed by atoms with Crippen LogP contribution >= 0.6 is 0 Å². The Labute approximate surface area is 121 Å². The number of hydrazine groups is 1. The molecule has 0 fully saturated rings. The molecule has 0 bridgehead atoms. The Bertz CT molecular complexity index is 604. The highest BCUT2D eigenvalue weighted by atomic mass is 16.6. The molecule has 0 heterocycles. The van der Waals surface area contributed by atoms with Gasteiger partial charge in [0.15, 0.2) is 0 Å². The van der Waals surface area contributed by atoms with Gasteiger partial charge in [0, 0.05) is 24.4 Å². The number of nitrogen functional groups attached to an aromatic ring is 1. The van der Waals surface area contributed by atoms with Crippen LogP contribution in [-0.4, -0.2) is 18.1 Å². The lowest BCUT2D eigenvalue weighted by atomic mass is 10.2. The molecule has 2 aromatic carbocycles. The van der Waals surface area contributed by atoms with Crippen LogP contribution in [0.2, 0.25) is 0 Å². The topological polar surface area (TPSA) is 102 Å². The van der Waals surface area contributed by atoms with Crippen molar-refractivity contribution in [3.05, 3.63) is 58.6 Å². The van der Waals surface area contributed by atoms with E-state index in [9.17, 15) is 10.1 Å². The van der Waals surface area contributed by atoms with Crippen LogP contribution < -0.4 is 21.3 Å². The predicted octanol–water partition coefficient (Wildman–Crippen LogP) is 2.37. The van der Waals surface area contributed by atoms with Gasteiger partial charge in [-0.05, 0) is 18.2 Å². The Morgan fingerprint density at radius 1 is 1.14 bits per heavy atom. The first-order valence-electron chi connectivity index (χ1n) is 6.37. The van der Waals surface area contributed by atoms with Crippen molar-refractivity contribution >= 4 is 17.1 Å². The molecule has 7 nitrogen and oxygen atoms in total. The van der Waals surface area contributed by atoms with Crippen molar-refractivity contribution in [1.82, 2.24) is 0 Å². The number of nitrogens with one attached hydrogen (secondary N) is 2. The number of ether oxygens (including phenoxy) is 1. The van der Waals surface area contributed by atoms with Gasteiger partial charge in [-0.2, -0.15) is 0 Å². The van der Waals surface area contributed by atoms with Gasteiger partial charge in [0.25, 0.3) is 5.69 Å². The SMILES string of the molecule is NNc1cc(NCCOc2ccccc2)cc([N+](=O)[O-])c1. The number of nitro benzene ring substituents is 1. The number of benzene rings is 2. The van der Waals surface area contributed by atoms with Crippen LogP contribution in [0.25, 0.3) is 0 Å². The Kier molecular flexibility index (Phi) is 4.94. The molecule has 7 heteroatoms. The Hall–Kier alpha value is -2.80. The van der Waals surface area contributed by atoms with Gasteiger partial charge in [0.05, 0.1) is 10.6 Å². The van der Waals surface area contributed by atoms with Crippen molar-refractivity contribution < 1.29 is 9.66 Å². The van der Waals surface area contributed by atoms with Gasteiger partial charge < -0.3 is 15.5 Å². The number of nitrogens with zero attached hydrogens (tertiary/aromatic N) is 1. The second kappa shape index (κ2) is 7.11. The zero-order valence-electron chi connectivity index (χ0n) is 11.3. The predicted molar refractivity (Wildman–Crippen MR) is 81.3 cm³/mol. The van der Waals surface area contributed by atoms with Crippen LogP contribution in [0.1, 0.15) is 0 Å². The van der Waals surface area contributed by atoms with Crippen molar-refractivity contribution in [2.24, 2.45) is 5.84 Å². The molecule has 2 aromatic rings. The minimum atomic E-state index is -0.466. The smallest absolute Gasteiger partial charge is 0.273 e. The summed E-state index contributed by atoms with van der Waals surface area (Å²) in [5.41, 5.74) is 3.45. The van der Waals surface area contributed by atoms with Gasteiger partial charge in [0.1, 0.15) is 12.4 Å². The van der Waals surface area contributed by atoms with Crippen molar-refractivity contribution in [3.63, 3.8) is 0 Å². The molecule has 110 valence electrons. The first-order chi connectivity index (χ1) is 10.2. The number of nitro groups is 1. The van der Waals surface area contributed by atoms with E-state index in [0.29, 0.717) is 24.5 Å². The van der Waals surface area contributed by atoms with Crippen LogP contribution in [0.15, 0.2) is 48.5 Å². The molecule has 0 radical (unpaired) electrons. The molecule has 0 saturated carbocycles. The summed E-state index contributed by atoms with van der Waals surface area (Å²) in [6.07, 6.45) is 0. The third kappa shape index (κ3) is 4.36. The molecular formula is C14H16N4O3. The van der Waals surface area contributed by atoms with Crippen LogP contribution in [0.5, 0.6) is 5.75 Å². The summed E-state index contributed by atoms with van der Waals surface area (Å²) >= 11 is 0. The average molecular weight is 288 g/mol. The van der Waals surface area contributed by atoms with Crippen molar-refractivity contribution in [3.8, 4) is 5.75 Å². The Morgan fingerprint density at radius 2 is 1.86 bits per heavy atom. The molecule has 0 aromatic heterocycles. The summed E-state index contributed by atoms with van der Waals surface area (Å²) in [7, 11) is 0. The fraction of sp³-hybridized carbons (Fsp3) is 0.143. The molecule has 0 unspecified atom stereocenters. The van der Waals surface area contributed by atoms with Crippen LogP contribution in [0.4, 0.5) is 17.1 Å². The van der Waals surface area contributed by atoms with Crippen molar-refractivity contribution in [2.45, 2.75) is 0 Å². The number of rotatable bonds is 7. The summed E-state index contributed by atoms with van der Waals surface area (Å²) in [5, 5.41) is 13.9. The number of hydrogen-bond donors (Lipinski definition) is 3. The van der Waals surface area contributed by atoms with Crippen molar-refractivity contribution in [1.29, 1.82) is 0 Å². The Morgan fingerprint density at radius 3 is 2.52 bits per heavy atom. The van der Waals surface area contributed by atoms with E-state index in [1.54, 1.807) is 6.07 Å². The summed E-state index contributed by atoms with van der Waals surface area (Å²) in [4.78, 5) is 10.4. The van der Waals surface area contributed by atoms with E-state index in [4.69, 9.17) is 10.6 Å². The fourth-order valence-corrected chi connectivity index (χ4v) is 1.78. The second-order valence-corrected chi connectivity index (χ2v) is 4.26. The molecule has 0 saturated heterocycles. The highest BCUT2D eigenvalue weighted by Crippen LogP contribution is 2.23. The monoisotopic (exact) mass is 288 g/mol. The van der Waals surface area contributed by atoms with E-state index in [1.807, 2.05) is 30.3 Å². The fourth-order valence-electron chi connectivity index (χ4n) is 1.78. The van der Waals surface area contributed by atoms with E-state index >= 15 is 0 Å². The molecule has 4 N–H and O–H groups in total. The van der Waals surface area contributed by atoms with Crippen LogP contribution in [0, 0.1) is 10.1 Å². The van der Waals surface area contributed by atoms with E-state index in [2.05, 4.69) is 10.7 Å². The molecule has 0 aliphatic heterocycles. The zero-order chi connectivity index (χ0) is 15.1. The summed E-state index contributed by atoms with van der Waals surface area (Å²) < 4.78 is 5.53. The second-order valence-electron chi connectivity index (χ2n) is 4.26. The van der Waals surface area contributed by atoms with Gasteiger partial charge in [-0.3, -0.25) is 16.0 Å². The molecule has 0 aliphatic rings. The number of non-ortho nitro benzene ring substituents is 1. The van der Waals surface area contributed by atoms with Crippen LogP contribution in [-0.2, 0) is 0 Å². The highest BCUT2D eigenvalue weighted by Gasteiger charge is 2.09. The minimum Gasteiger partial charge on any atom is -0.492 e. The van der Waals surface area contributed by atoms with Gasteiger partial charge >= 0.3 is 0 Å². The van der Waals surface area contributed by atoms with E-state index in [1.165, 1.54) is 12.1 Å². The molecule has 2 rings (SSSR count). The Balaban J connectivity index is 1.90. The molecule has 0 atom stereocenters. The first kappa shape index (κ1) is 14.6. The molecular weight excluding hydrogens is 272 g/mol. The third-order valence-electron chi connectivity index (χ3n) is 2.74. The maximum Gasteiger partial charge on any atom is 0.273 e. The average Bonchev–Trinajstić information content (AvgIpc) is 2.52. The summed E-state index contributed by atoms with van der Waals surface area (Å²) in [5.74, 6) is 6.07. The lowest BCUT2D eigenvalue weighted by molar-refractivity contribution is -0.384. The third-order valence-corrected chi connectivity index (χ3v) is 2.74. The van der Waals surface area contributed by atoms with E-state index in [0.717, 1.165) is 5.75 Å². The van der Waals surface area contributed by atoms with Crippen molar-refractivity contribution in [2.75, 3.05) is 23.9 Å². The number of nitrogens with two attached hydrogens (primary N) is 1. The zero-order valence-corrected chi connectivity index (χ0v) is 11.3. The summed E-state index contributed by atoms with van der Waals surface area (Å²) in [6.45, 7) is 0.957. The maximum atomic E-state index is 10.8. The summed E-state index contributed by atoms with van der Waals surface area (Å²) in [6, 6.07) is 13.9. The molecule has 0 amide bonds. The first-order valence-corrected chi connectivity index (χ1v) is 6.37. The van der Waals surface area contributed by atoms with Gasteiger partial charge in [-0.1, -0.05) is 18.2 Å². The van der Waals surface area contributed by atoms with Crippen LogP contribution in [0.3, 0.4) is 0 Å². The lowest BCUT2D eigenvalue weighted by Crippen LogP contribution is -2.12. The standard InChI is InChI=1S/C14H16N4O3/c15-17-12-8-11(9-13(10-12)18(19)20)16-6-7-21-14-4-2-1-3-5-14/h1-5,8-10,16-17H,6-7,15H2. The molecule has 0 spiro atoms. The lowest BCUT2D eigenvalue weighted by Gasteiger charge is -2.10. The quantitative estimate of drug-likeness (QED) is 0.313. The van der Waals surface area contributed by atoms with E-state index < -0.39 is 4.92 Å². The van der Waals surface area contributed by atoms with Gasteiger partial charge in [-0.15, -0.1) is 0 Å².